The van der Waals surface area contributed by atoms with E-state index in [1.807, 2.05) is 19.9 Å². The zero-order chi connectivity index (χ0) is 11.0. The fourth-order valence-electron chi connectivity index (χ4n) is 1.29. The van der Waals surface area contributed by atoms with Crippen LogP contribution >= 0.6 is 0 Å². The predicted molar refractivity (Wildman–Crippen MR) is 62.4 cm³/mol. The van der Waals surface area contributed by atoms with Gasteiger partial charge in [0.25, 0.3) is 0 Å². The maximum atomic E-state index is 11.7. The van der Waals surface area contributed by atoms with E-state index in [2.05, 4.69) is 13.5 Å². The molecule has 1 nitrogen and oxygen atoms in total. The highest BCUT2D eigenvalue weighted by molar-refractivity contribution is 5.83. The molecular weight excluding hydrogens is 172 g/mol. The zero-order valence-electron chi connectivity index (χ0n) is 9.94. The molecule has 0 spiro atoms. The highest BCUT2D eigenvalue weighted by atomic mass is 16.1. The molecule has 0 rings (SSSR count). The molecule has 0 saturated carbocycles. The Morgan fingerprint density at radius 2 is 1.93 bits per heavy atom. The second kappa shape index (κ2) is 6.80. The Kier molecular flexibility index (Phi) is 6.52. The summed E-state index contributed by atoms with van der Waals surface area (Å²) in [6.45, 7) is 9.84. The zero-order valence-corrected chi connectivity index (χ0v) is 9.94. The molecule has 0 aliphatic rings. The fraction of sp³-hybridized carbons (Fsp3) is 0.769. The molecule has 0 atom stereocenters. The van der Waals surface area contributed by atoms with E-state index in [4.69, 9.17) is 0 Å². The standard InChI is InChI=1S/C13H24O/c1-5-7-8-9-10-11-12(14)13(3,4)6-2/h5H,1,6-11H2,2-4H3. The number of carbonyl (C=O) groups is 1. The monoisotopic (exact) mass is 196 g/mol. The number of allylic oxidation sites excluding steroid dienone is 1. The van der Waals surface area contributed by atoms with Gasteiger partial charge in [-0.1, -0.05) is 33.3 Å². The molecule has 0 unspecified atom stereocenters. The number of rotatable bonds is 8. The Balaban J connectivity index is 3.59. The lowest BCUT2D eigenvalue weighted by atomic mass is 9.83. The van der Waals surface area contributed by atoms with Crippen LogP contribution in [0.25, 0.3) is 0 Å². The molecule has 14 heavy (non-hydrogen) atoms. The number of carbonyl (C=O) groups excluding carboxylic acids is 1. The molecule has 0 fully saturated rings. The molecule has 0 radical (unpaired) electrons. The van der Waals surface area contributed by atoms with E-state index >= 15 is 0 Å². The number of Topliss-reactive ketones (excluding diaryl/α,β-unsaturated/α-hetero) is 1. The second-order valence-corrected chi connectivity index (χ2v) is 4.55. The van der Waals surface area contributed by atoms with Crippen molar-refractivity contribution in [1.82, 2.24) is 0 Å². The highest BCUT2D eigenvalue weighted by Gasteiger charge is 2.23. The van der Waals surface area contributed by atoms with Crippen LogP contribution in [0, 0.1) is 5.41 Å². The maximum Gasteiger partial charge on any atom is 0.138 e. The molecule has 0 aromatic carbocycles. The average molecular weight is 196 g/mol. The smallest absolute Gasteiger partial charge is 0.138 e. The summed E-state index contributed by atoms with van der Waals surface area (Å²) in [5.74, 6) is 0.415. The maximum absolute atomic E-state index is 11.7. The van der Waals surface area contributed by atoms with E-state index in [1.165, 1.54) is 6.42 Å². The van der Waals surface area contributed by atoms with Crippen LogP contribution in [-0.4, -0.2) is 5.78 Å². The third kappa shape index (κ3) is 5.21. The van der Waals surface area contributed by atoms with Crippen molar-refractivity contribution < 1.29 is 4.79 Å². The van der Waals surface area contributed by atoms with Gasteiger partial charge in [0.05, 0.1) is 0 Å². The van der Waals surface area contributed by atoms with Gasteiger partial charge in [-0.3, -0.25) is 4.79 Å². The molecule has 0 bridgehead atoms. The van der Waals surface area contributed by atoms with Gasteiger partial charge in [-0.2, -0.15) is 0 Å². The van der Waals surface area contributed by atoms with E-state index in [0.29, 0.717) is 5.78 Å². The normalized spacial score (nSPS) is 11.4. The Labute approximate surface area is 88.6 Å². The molecule has 0 saturated heterocycles. The quantitative estimate of drug-likeness (QED) is 0.421. The van der Waals surface area contributed by atoms with Crippen LogP contribution in [0.3, 0.4) is 0 Å². The van der Waals surface area contributed by atoms with Crippen molar-refractivity contribution >= 4 is 5.78 Å². The SMILES string of the molecule is C=CCCCCCC(=O)C(C)(C)CC. The van der Waals surface area contributed by atoms with Gasteiger partial charge in [0, 0.05) is 11.8 Å². The van der Waals surface area contributed by atoms with Gasteiger partial charge in [-0.15, -0.1) is 6.58 Å². The van der Waals surface area contributed by atoms with E-state index < -0.39 is 0 Å². The van der Waals surface area contributed by atoms with Crippen molar-refractivity contribution in [2.75, 3.05) is 0 Å². The molecule has 0 aromatic heterocycles. The van der Waals surface area contributed by atoms with Crippen LogP contribution in [0.5, 0.6) is 0 Å². The third-order valence-electron chi connectivity index (χ3n) is 2.95. The molecule has 0 amide bonds. The Hall–Kier alpha value is -0.590. The van der Waals surface area contributed by atoms with Crippen molar-refractivity contribution in [1.29, 1.82) is 0 Å². The first kappa shape index (κ1) is 13.4. The molecule has 0 heterocycles. The minimum atomic E-state index is -0.113. The highest BCUT2D eigenvalue weighted by Crippen LogP contribution is 2.23. The van der Waals surface area contributed by atoms with Crippen LogP contribution in [0.1, 0.15) is 59.3 Å². The van der Waals surface area contributed by atoms with Crippen LogP contribution < -0.4 is 0 Å². The third-order valence-corrected chi connectivity index (χ3v) is 2.95. The van der Waals surface area contributed by atoms with Gasteiger partial charge < -0.3 is 0 Å². The largest absolute Gasteiger partial charge is 0.299 e. The average Bonchev–Trinajstić information content (AvgIpc) is 2.17. The molecule has 1 heteroatoms. The Morgan fingerprint density at radius 1 is 1.29 bits per heavy atom. The summed E-state index contributed by atoms with van der Waals surface area (Å²) in [5, 5.41) is 0. The van der Waals surface area contributed by atoms with Gasteiger partial charge in [0.1, 0.15) is 5.78 Å². The minimum absolute atomic E-state index is 0.113. The lowest BCUT2D eigenvalue weighted by Gasteiger charge is -2.20. The summed E-state index contributed by atoms with van der Waals surface area (Å²) in [6.07, 6.45) is 8.07. The van der Waals surface area contributed by atoms with Gasteiger partial charge in [-0.05, 0) is 25.7 Å². The van der Waals surface area contributed by atoms with Crippen LogP contribution in [0.4, 0.5) is 0 Å². The molecule has 82 valence electrons. The fourth-order valence-corrected chi connectivity index (χ4v) is 1.29. The second-order valence-electron chi connectivity index (χ2n) is 4.55. The van der Waals surface area contributed by atoms with Crippen molar-refractivity contribution in [3.63, 3.8) is 0 Å². The summed E-state index contributed by atoms with van der Waals surface area (Å²) in [7, 11) is 0. The first-order valence-corrected chi connectivity index (χ1v) is 5.68. The van der Waals surface area contributed by atoms with Crippen molar-refractivity contribution in [2.45, 2.75) is 59.3 Å². The Morgan fingerprint density at radius 3 is 2.43 bits per heavy atom. The summed E-state index contributed by atoms with van der Waals surface area (Å²) in [4.78, 5) is 11.7. The van der Waals surface area contributed by atoms with Gasteiger partial charge in [0.15, 0.2) is 0 Å². The molecule has 0 aliphatic carbocycles. The molecular formula is C13H24O. The molecule has 0 aromatic rings. The van der Waals surface area contributed by atoms with Crippen LogP contribution in [0.2, 0.25) is 0 Å². The van der Waals surface area contributed by atoms with E-state index in [1.54, 1.807) is 0 Å². The van der Waals surface area contributed by atoms with Crippen LogP contribution in [-0.2, 0) is 4.79 Å². The van der Waals surface area contributed by atoms with E-state index in [9.17, 15) is 4.79 Å². The summed E-state index contributed by atoms with van der Waals surface area (Å²) in [6, 6.07) is 0. The summed E-state index contributed by atoms with van der Waals surface area (Å²) >= 11 is 0. The number of ketones is 1. The first-order chi connectivity index (χ1) is 6.54. The van der Waals surface area contributed by atoms with Crippen LogP contribution in [0.15, 0.2) is 12.7 Å². The molecule has 0 aliphatic heterocycles. The van der Waals surface area contributed by atoms with E-state index in [0.717, 1.165) is 32.1 Å². The lowest BCUT2D eigenvalue weighted by Crippen LogP contribution is -2.22. The van der Waals surface area contributed by atoms with Crippen molar-refractivity contribution in [3.8, 4) is 0 Å². The summed E-state index contributed by atoms with van der Waals surface area (Å²) in [5.41, 5.74) is -0.113. The Bertz CT molecular complexity index is 180. The van der Waals surface area contributed by atoms with Crippen molar-refractivity contribution in [3.05, 3.63) is 12.7 Å². The lowest BCUT2D eigenvalue weighted by molar-refractivity contribution is -0.127. The van der Waals surface area contributed by atoms with E-state index in [-0.39, 0.29) is 5.41 Å². The number of hydrogen-bond acceptors (Lipinski definition) is 1. The summed E-state index contributed by atoms with van der Waals surface area (Å²) < 4.78 is 0. The first-order valence-electron chi connectivity index (χ1n) is 5.68. The predicted octanol–water partition coefficient (Wildman–Crippen LogP) is 4.13. The van der Waals surface area contributed by atoms with Gasteiger partial charge in [0.2, 0.25) is 0 Å². The van der Waals surface area contributed by atoms with Gasteiger partial charge >= 0.3 is 0 Å². The van der Waals surface area contributed by atoms with Crippen molar-refractivity contribution in [2.24, 2.45) is 5.41 Å². The van der Waals surface area contributed by atoms with Gasteiger partial charge in [-0.25, -0.2) is 0 Å². The molecule has 0 N–H and O–H groups in total. The number of unbranched alkanes of at least 4 members (excludes halogenated alkanes) is 3. The number of hydrogen-bond donors (Lipinski definition) is 0. The minimum Gasteiger partial charge on any atom is -0.299 e. The topological polar surface area (TPSA) is 17.1 Å².